The van der Waals surface area contributed by atoms with Crippen molar-refractivity contribution in [3.63, 3.8) is 0 Å². The fourth-order valence-corrected chi connectivity index (χ4v) is 1.83. The van der Waals surface area contributed by atoms with Crippen LogP contribution in [0.1, 0.15) is 0 Å². The second-order valence-electron chi connectivity index (χ2n) is 3.61. The summed E-state index contributed by atoms with van der Waals surface area (Å²) in [5.41, 5.74) is 5.43. The summed E-state index contributed by atoms with van der Waals surface area (Å²) in [6, 6.07) is 0. The van der Waals surface area contributed by atoms with Gasteiger partial charge in [-0.15, -0.1) is 0 Å². The average molecular weight is 234 g/mol. The Labute approximate surface area is 97.5 Å². The van der Waals surface area contributed by atoms with Crippen molar-refractivity contribution in [2.45, 2.75) is 0 Å². The average Bonchev–Trinajstić information content (AvgIpc) is 2.58. The molecule has 0 bridgehead atoms. The molecule has 1 aromatic rings. The first-order chi connectivity index (χ1) is 8.17. The number of hydrogen-bond donors (Lipinski definition) is 3. The van der Waals surface area contributed by atoms with Crippen molar-refractivity contribution in [1.82, 2.24) is 9.97 Å². The van der Waals surface area contributed by atoms with Crippen LogP contribution in [0, 0.1) is 11.2 Å². The molecule has 8 nitrogen and oxygen atoms in total. The Balaban J connectivity index is 2.47. The summed E-state index contributed by atoms with van der Waals surface area (Å²) in [4.78, 5) is 21.5. The van der Waals surface area contributed by atoms with Crippen LogP contribution >= 0.6 is 0 Å². The lowest BCUT2D eigenvalue weighted by atomic mass is 9.95. The molecule has 88 valence electrons. The molecular weight excluding hydrogens is 223 g/mol. The lowest BCUT2D eigenvalue weighted by Gasteiger charge is -2.17. The normalized spacial score (nSPS) is 13.4. The zero-order valence-corrected chi connectivity index (χ0v) is 9.05. The number of H-pyrrole nitrogens is 1. The van der Waals surface area contributed by atoms with Gasteiger partial charge in [0.25, 0.3) is 5.56 Å². The molecule has 9 heteroatoms. The standard InChI is InChI=1S/C8H11BN6O2/c10-3-9-15-4-14(1-2-16)6-5(15)7(17)13-8(11)12-6/h9,16H,1-2,4H2,(H3,11,12,13,17). The van der Waals surface area contributed by atoms with E-state index in [9.17, 15) is 4.79 Å². The van der Waals surface area contributed by atoms with E-state index in [-0.39, 0.29) is 25.5 Å². The minimum atomic E-state index is -0.372. The van der Waals surface area contributed by atoms with E-state index in [1.807, 2.05) is 5.97 Å². The summed E-state index contributed by atoms with van der Waals surface area (Å²) in [6.45, 7) is 0.627. The third-order valence-corrected chi connectivity index (χ3v) is 2.48. The topological polar surface area (TPSA) is 122 Å². The lowest BCUT2D eigenvalue weighted by Crippen LogP contribution is -2.35. The van der Waals surface area contributed by atoms with Crippen LogP contribution in [-0.4, -0.2) is 42.3 Å². The second kappa shape index (κ2) is 4.35. The number of aliphatic hydroxyl groups excluding tert-OH is 1. The highest BCUT2D eigenvalue weighted by molar-refractivity contribution is 6.50. The Hall–Kier alpha value is -2.21. The summed E-state index contributed by atoms with van der Waals surface area (Å²) in [5, 5.41) is 17.6. The fraction of sp³-hybridized carbons (Fsp3) is 0.375. The zero-order chi connectivity index (χ0) is 12.4. The van der Waals surface area contributed by atoms with Crippen molar-refractivity contribution in [3.8, 4) is 5.97 Å². The quantitative estimate of drug-likeness (QED) is 0.505. The van der Waals surface area contributed by atoms with Gasteiger partial charge in [-0.2, -0.15) is 4.98 Å². The number of aromatic nitrogens is 2. The van der Waals surface area contributed by atoms with Crippen molar-refractivity contribution in [2.75, 3.05) is 35.3 Å². The van der Waals surface area contributed by atoms with Crippen molar-refractivity contribution in [2.24, 2.45) is 0 Å². The van der Waals surface area contributed by atoms with Crippen LogP contribution in [0.4, 0.5) is 17.5 Å². The van der Waals surface area contributed by atoms with E-state index in [1.54, 1.807) is 9.71 Å². The van der Waals surface area contributed by atoms with Crippen molar-refractivity contribution in [3.05, 3.63) is 10.4 Å². The van der Waals surface area contributed by atoms with Crippen LogP contribution in [0.3, 0.4) is 0 Å². The molecule has 1 aliphatic heterocycles. The predicted octanol–water partition coefficient (Wildman–Crippen LogP) is -2.24. The number of nitrogens with one attached hydrogen (secondary N) is 1. The number of nitrogen functional groups attached to an aromatic ring is 1. The minimum Gasteiger partial charge on any atom is -0.395 e. The zero-order valence-electron chi connectivity index (χ0n) is 9.05. The maximum atomic E-state index is 11.8. The number of nitrogens with zero attached hydrogens (tertiary/aromatic N) is 4. The molecule has 0 amide bonds. The maximum absolute atomic E-state index is 11.8. The van der Waals surface area contributed by atoms with E-state index in [1.165, 1.54) is 0 Å². The largest absolute Gasteiger partial charge is 0.395 e. The van der Waals surface area contributed by atoms with Crippen LogP contribution < -0.4 is 21.0 Å². The summed E-state index contributed by atoms with van der Waals surface area (Å²) < 4.78 is 0. The molecule has 1 aliphatic rings. The molecule has 4 N–H and O–H groups in total. The SMILES string of the molecule is N#CBN1CN(CCO)c2nc(N)[nH]c(=O)c21. The Morgan fingerprint density at radius 3 is 3.12 bits per heavy atom. The molecule has 0 unspecified atom stereocenters. The van der Waals surface area contributed by atoms with Crippen LogP contribution in [0.2, 0.25) is 0 Å². The van der Waals surface area contributed by atoms with Gasteiger partial charge in [0.2, 0.25) is 5.95 Å². The van der Waals surface area contributed by atoms with Gasteiger partial charge in [0.1, 0.15) is 5.69 Å². The molecule has 17 heavy (non-hydrogen) atoms. The molecule has 0 radical (unpaired) electrons. The summed E-state index contributed by atoms with van der Waals surface area (Å²) in [6.07, 6.45) is 0. The number of aliphatic hydroxyl groups is 1. The molecule has 0 atom stereocenters. The Bertz CT molecular complexity index is 524. The first kappa shape index (κ1) is 11.3. The van der Waals surface area contributed by atoms with Gasteiger partial charge in [-0.05, 0) is 0 Å². The van der Waals surface area contributed by atoms with E-state index in [0.29, 0.717) is 24.7 Å². The van der Waals surface area contributed by atoms with Crippen molar-refractivity contribution >= 4 is 24.9 Å². The van der Waals surface area contributed by atoms with Gasteiger partial charge in [0, 0.05) is 12.5 Å². The van der Waals surface area contributed by atoms with Crippen molar-refractivity contribution in [1.29, 1.82) is 5.26 Å². The summed E-state index contributed by atoms with van der Waals surface area (Å²) in [7, 11) is 0.0869. The van der Waals surface area contributed by atoms with Gasteiger partial charge in [-0.3, -0.25) is 9.78 Å². The second-order valence-corrected chi connectivity index (χ2v) is 3.61. The number of nitrogens with two attached hydrogens (primary N) is 1. The number of hydrogen-bond acceptors (Lipinski definition) is 7. The monoisotopic (exact) mass is 234 g/mol. The lowest BCUT2D eigenvalue weighted by molar-refractivity contribution is 0.302. The van der Waals surface area contributed by atoms with Gasteiger partial charge in [0.15, 0.2) is 5.82 Å². The van der Waals surface area contributed by atoms with Gasteiger partial charge < -0.3 is 20.6 Å². The summed E-state index contributed by atoms with van der Waals surface area (Å²) >= 11 is 0. The van der Waals surface area contributed by atoms with Gasteiger partial charge >= 0.3 is 7.41 Å². The van der Waals surface area contributed by atoms with Gasteiger partial charge in [-0.25, -0.2) is 5.26 Å². The fourth-order valence-electron chi connectivity index (χ4n) is 1.83. The van der Waals surface area contributed by atoms with Gasteiger partial charge in [0.05, 0.1) is 13.3 Å². The number of anilines is 3. The Morgan fingerprint density at radius 2 is 2.47 bits per heavy atom. The molecule has 2 heterocycles. The third kappa shape index (κ3) is 1.90. The highest BCUT2D eigenvalue weighted by atomic mass is 16.3. The molecule has 1 aromatic heterocycles. The Morgan fingerprint density at radius 1 is 1.71 bits per heavy atom. The van der Waals surface area contributed by atoms with Crippen molar-refractivity contribution < 1.29 is 5.11 Å². The van der Waals surface area contributed by atoms with E-state index in [2.05, 4.69) is 9.97 Å². The van der Waals surface area contributed by atoms with Crippen LogP contribution in [-0.2, 0) is 0 Å². The van der Waals surface area contributed by atoms with E-state index < -0.39 is 0 Å². The highest BCUT2D eigenvalue weighted by Gasteiger charge is 2.30. The smallest absolute Gasteiger partial charge is 0.362 e. The molecule has 0 fully saturated rings. The highest BCUT2D eigenvalue weighted by Crippen LogP contribution is 2.29. The van der Waals surface area contributed by atoms with E-state index >= 15 is 0 Å². The Kier molecular flexibility index (Phi) is 2.89. The number of nitriles is 1. The molecule has 0 aliphatic carbocycles. The molecular formula is C8H11BN6O2. The predicted molar refractivity (Wildman–Crippen MR) is 63.8 cm³/mol. The first-order valence-corrected chi connectivity index (χ1v) is 5.05. The van der Waals surface area contributed by atoms with E-state index in [4.69, 9.17) is 16.1 Å². The molecule has 0 aromatic carbocycles. The number of fused-ring (bicyclic) bond motifs is 1. The third-order valence-electron chi connectivity index (χ3n) is 2.48. The molecule has 0 saturated heterocycles. The van der Waals surface area contributed by atoms with Crippen LogP contribution in [0.5, 0.6) is 0 Å². The van der Waals surface area contributed by atoms with Crippen LogP contribution in [0.25, 0.3) is 0 Å². The molecule has 2 rings (SSSR count). The number of rotatable bonds is 3. The summed E-state index contributed by atoms with van der Waals surface area (Å²) in [5.74, 6) is 2.42. The molecule has 0 saturated carbocycles. The number of aromatic amines is 1. The van der Waals surface area contributed by atoms with Gasteiger partial charge in [-0.1, -0.05) is 0 Å². The maximum Gasteiger partial charge on any atom is 0.362 e. The first-order valence-electron chi connectivity index (χ1n) is 5.05. The van der Waals surface area contributed by atoms with Crippen LogP contribution in [0.15, 0.2) is 4.79 Å². The van der Waals surface area contributed by atoms with E-state index in [0.717, 1.165) is 0 Å². The number of β-amino-alcohol motifs (C(OH)–C–C–N with tert-alkyl or cyclic N) is 1. The molecule has 0 spiro atoms. The minimum absolute atomic E-state index is 0.0236.